The molecule has 104 valence electrons. The summed E-state index contributed by atoms with van der Waals surface area (Å²) in [6, 6.07) is 4.86. The van der Waals surface area contributed by atoms with Gasteiger partial charge in [0.1, 0.15) is 0 Å². The van der Waals surface area contributed by atoms with Gasteiger partial charge in [0, 0.05) is 11.6 Å². The van der Waals surface area contributed by atoms with Crippen molar-refractivity contribution in [1.82, 2.24) is 0 Å². The second-order valence-corrected chi connectivity index (χ2v) is 5.83. The molecule has 0 aromatic heterocycles. The van der Waals surface area contributed by atoms with Crippen LogP contribution >= 0.6 is 11.6 Å². The molecule has 0 radical (unpaired) electrons. The zero-order valence-corrected chi connectivity index (χ0v) is 11.9. The Hall–Kier alpha value is -1.22. The summed E-state index contributed by atoms with van der Waals surface area (Å²) in [5, 5.41) is 13.0. The minimum absolute atomic E-state index is 0.285. The number of anilines is 1. The first-order chi connectivity index (χ1) is 9.08. The van der Waals surface area contributed by atoms with Gasteiger partial charge in [-0.25, -0.2) is 4.79 Å². The minimum Gasteiger partial charge on any atom is -0.478 e. The SMILES string of the molecule is CC1CCCCC1CNc1cc(Cl)ccc1C(=O)O. The number of hydrogen-bond acceptors (Lipinski definition) is 2. The smallest absolute Gasteiger partial charge is 0.337 e. The third-order valence-corrected chi connectivity index (χ3v) is 4.29. The molecule has 2 unspecified atom stereocenters. The molecule has 4 heteroatoms. The van der Waals surface area contributed by atoms with E-state index < -0.39 is 5.97 Å². The van der Waals surface area contributed by atoms with Gasteiger partial charge in [0.25, 0.3) is 0 Å². The number of nitrogens with one attached hydrogen (secondary N) is 1. The van der Waals surface area contributed by atoms with Crippen LogP contribution in [0.3, 0.4) is 0 Å². The van der Waals surface area contributed by atoms with E-state index in [-0.39, 0.29) is 5.56 Å². The molecule has 0 spiro atoms. The molecule has 0 aliphatic heterocycles. The fraction of sp³-hybridized carbons (Fsp3) is 0.533. The Morgan fingerprint density at radius 1 is 1.42 bits per heavy atom. The molecular formula is C15H20ClNO2. The molecule has 3 nitrogen and oxygen atoms in total. The summed E-state index contributed by atoms with van der Waals surface area (Å²) in [7, 11) is 0. The molecule has 19 heavy (non-hydrogen) atoms. The fourth-order valence-electron chi connectivity index (χ4n) is 2.79. The second-order valence-electron chi connectivity index (χ2n) is 5.40. The van der Waals surface area contributed by atoms with Crippen molar-refractivity contribution in [1.29, 1.82) is 0 Å². The standard InChI is InChI=1S/C15H20ClNO2/c1-10-4-2-3-5-11(10)9-17-14-8-12(16)6-7-13(14)15(18)19/h6-8,10-11,17H,2-5,9H2,1H3,(H,18,19). The summed E-state index contributed by atoms with van der Waals surface area (Å²) in [5.41, 5.74) is 0.908. The van der Waals surface area contributed by atoms with Gasteiger partial charge in [0.05, 0.1) is 11.3 Å². The zero-order chi connectivity index (χ0) is 13.8. The molecule has 0 heterocycles. The highest BCUT2D eigenvalue weighted by molar-refractivity contribution is 6.31. The first kappa shape index (κ1) is 14.2. The maximum Gasteiger partial charge on any atom is 0.337 e. The Balaban J connectivity index is 2.05. The van der Waals surface area contributed by atoms with Gasteiger partial charge in [-0.2, -0.15) is 0 Å². The molecule has 0 saturated heterocycles. The Labute approximate surface area is 119 Å². The van der Waals surface area contributed by atoms with E-state index in [4.69, 9.17) is 16.7 Å². The van der Waals surface area contributed by atoms with Crippen molar-refractivity contribution in [3.63, 3.8) is 0 Å². The van der Waals surface area contributed by atoms with Gasteiger partial charge in [-0.1, -0.05) is 37.8 Å². The van der Waals surface area contributed by atoms with Crippen LogP contribution in [0.5, 0.6) is 0 Å². The summed E-state index contributed by atoms with van der Waals surface area (Å²) in [5.74, 6) is 0.402. The van der Waals surface area contributed by atoms with Crippen molar-refractivity contribution < 1.29 is 9.90 Å². The first-order valence-electron chi connectivity index (χ1n) is 6.84. The molecule has 1 aliphatic rings. The summed E-state index contributed by atoms with van der Waals surface area (Å²) in [6.07, 6.45) is 5.08. The van der Waals surface area contributed by atoms with Crippen molar-refractivity contribution in [2.24, 2.45) is 11.8 Å². The Morgan fingerprint density at radius 3 is 2.84 bits per heavy atom. The van der Waals surface area contributed by atoms with Crippen molar-refractivity contribution in [3.05, 3.63) is 28.8 Å². The largest absolute Gasteiger partial charge is 0.478 e. The average molecular weight is 282 g/mol. The van der Waals surface area contributed by atoms with Crippen LogP contribution in [-0.2, 0) is 0 Å². The Morgan fingerprint density at radius 2 is 2.16 bits per heavy atom. The third kappa shape index (κ3) is 3.63. The lowest BCUT2D eigenvalue weighted by Crippen LogP contribution is -2.25. The maximum atomic E-state index is 11.2. The molecule has 0 amide bonds. The van der Waals surface area contributed by atoms with Crippen LogP contribution in [0, 0.1) is 11.8 Å². The quantitative estimate of drug-likeness (QED) is 0.866. The van der Waals surface area contributed by atoms with E-state index in [9.17, 15) is 4.79 Å². The first-order valence-corrected chi connectivity index (χ1v) is 7.22. The third-order valence-electron chi connectivity index (χ3n) is 4.06. The number of carboxylic acids is 1. The van der Waals surface area contributed by atoms with Gasteiger partial charge in [0.15, 0.2) is 0 Å². The molecule has 1 aliphatic carbocycles. The van der Waals surface area contributed by atoms with E-state index in [1.165, 1.54) is 25.7 Å². The highest BCUT2D eigenvalue weighted by Crippen LogP contribution is 2.30. The summed E-state index contributed by atoms with van der Waals surface area (Å²) in [4.78, 5) is 11.2. The van der Waals surface area contributed by atoms with E-state index in [1.54, 1.807) is 18.2 Å². The van der Waals surface area contributed by atoms with Crippen molar-refractivity contribution in [2.45, 2.75) is 32.6 Å². The number of benzene rings is 1. The van der Waals surface area contributed by atoms with Crippen LogP contribution in [0.4, 0.5) is 5.69 Å². The summed E-state index contributed by atoms with van der Waals surface area (Å²) in [6.45, 7) is 3.10. The van der Waals surface area contributed by atoms with E-state index in [1.807, 2.05) is 0 Å². The molecule has 1 saturated carbocycles. The van der Waals surface area contributed by atoms with Crippen molar-refractivity contribution in [3.8, 4) is 0 Å². The van der Waals surface area contributed by atoms with Gasteiger partial charge in [0.2, 0.25) is 0 Å². The van der Waals surface area contributed by atoms with E-state index in [0.29, 0.717) is 22.5 Å². The lowest BCUT2D eigenvalue weighted by molar-refractivity contribution is 0.0698. The van der Waals surface area contributed by atoms with Crippen LogP contribution in [0.2, 0.25) is 5.02 Å². The van der Waals surface area contributed by atoms with Crippen LogP contribution in [-0.4, -0.2) is 17.6 Å². The van der Waals surface area contributed by atoms with Crippen molar-refractivity contribution >= 4 is 23.3 Å². The molecule has 1 fully saturated rings. The van der Waals surface area contributed by atoms with Crippen LogP contribution in [0.15, 0.2) is 18.2 Å². The topological polar surface area (TPSA) is 49.3 Å². The molecule has 2 rings (SSSR count). The number of halogens is 1. The zero-order valence-electron chi connectivity index (χ0n) is 11.2. The van der Waals surface area contributed by atoms with E-state index in [2.05, 4.69) is 12.2 Å². The summed E-state index contributed by atoms with van der Waals surface area (Å²) < 4.78 is 0. The van der Waals surface area contributed by atoms with Gasteiger partial charge in [-0.05, 0) is 36.5 Å². The number of carboxylic acid groups (broad SMARTS) is 1. The van der Waals surface area contributed by atoms with Gasteiger partial charge in [-0.15, -0.1) is 0 Å². The number of aromatic carboxylic acids is 1. The van der Waals surface area contributed by atoms with Crippen LogP contribution in [0.25, 0.3) is 0 Å². The molecule has 2 N–H and O–H groups in total. The Bertz CT molecular complexity index is 461. The number of rotatable bonds is 4. The number of carbonyl (C=O) groups is 1. The Kier molecular flexibility index (Phi) is 4.70. The summed E-state index contributed by atoms with van der Waals surface area (Å²) >= 11 is 5.94. The maximum absolute atomic E-state index is 11.2. The molecule has 0 bridgehead atoms. The normalized spacial score (nSPS) is 23.1. The predicted molar refractivity (Wildman–Crippen MR) is 78.0 cm³/mol. The van der Waals surface area contributed by atoms with Crippen LogP contribution in [0.1, 0.15) is 43.0 Å². The number of hydrogen-bond donors (Lipinski definition) is 2. The molecule has 1 aromatic carbocycles. The van der Waals surface area contributed by atoms with Gasteiger partial charge < -0.3 is 10.4 Å². The second kappa shape index (κ2) is 6.29. The minimum atomic E-state index is -0.921. The van der Waals surface area contributed by atoms with Crippen LogP contribution < -0.4 is 5.32 Å². The van der Waals surface area contributed by atoms with Gasteiger partial charge in [-0.3, -0.25) is 0 Å². The average Bonchev–Trinajstić information content (AvgIpc) is 2.37. The lowest BCUT2D eigenvalue weighted by Gasteiger charge is -2.29. The lowest BCUT2D eigenvalue weighted by atomic mass is 9.80. The highest BCUT2D eigenvalue weighted by Gasteiger charge is 2.21. The molecule has 2 atom stereocenters. The predicted octanol–water partition coefficient (Wildman–Crippen LogP) is 4.28. The van der Waals surface area contributed by atoms with Crippen molar-refractivity contribution in [2.75, 3.05) is 11.9 Å². The van der Waals surface area contributed by atoms with E-state index >= 15 is 0 Å². The molecule has 1 aromatic rings. The monoisotopic (exact) mass is 281 g/mol. The highest BCUT2D eigenvalue weighted by atomic mass is 35.5. The fourth-order valence-corrected chi connectivity index (χ4v) is 2.96. The van der Waals surface area contributed by atoms with Gasteiger partial charge >= 0.3 is 5.97 Å². The molecular weight excluding hydrogens is 262 g/mol. The van der Waals surface area contributed by atoms with E-state index in [0.717, 1.165) is 6.54 Å².